The Hall–Kier alpha value is -6.66. The molecule has 442 valence electrons. The minimum atomic E-state index is -0.910. The number of likely N-dealkylation sites (N-methyl/N-ethyl adjacent to an activating group) is 2. The lowest BCUT2D eigenvalue weighted by Gasteiger charge is -2.35. The third-order valence-corrected chi connectivity index (χ3v) is 18.4. The Morgan fingerprint density at radius 1 is 0.476 bits per heavy atom. The number of aryl methyl sites for hydroxylation is 2. The number of nitrogens with one attached hydrogen (secondary N) is 8. The molecule has 2 heterocycles. The minimum absolute atomic E-state index is 0.0586. The molecular formula is C64H88N10O8. The molecule has 18 heteroatoms. The Labute approximate surface area is 484 Å². The smallest absolute Gasteiger partial charge is 0.251 e. The average molecular weight is 1130 g/mol. The second-order valence-corrected chi connectivity index (χ2v) is 24.0. The van der Waals surface area contributed by atoms with Gasteiger partial charge in [0.2, 0.25) is 35.4 Å². The summed E-state index contributed by atoms with van der Waals surface area (Å²) >= 11 is 0. The zero-order chi connectivity index (χ0) is 57.9. The molecule has 9 rings (SSSR count). The van der Waals surface area contributed by atoms with Gasteiger partial charge in [-0.25, -0.2) is 0 Å². The van der Waals surface area contributed by atoms with Crippen molar-refractivity contribution in [2.45, 2.75) is 204 Å². The molecule has 3 aromatic carbocycles. The van der Waals surface area contributed by atoms with Gasteiger partial charge in [-0.1, -0.05) is 101 Å². The Bertz CT molecular complexity index is 2580. The monoisotopic (exact) mass is 1120 g/mol. The van der Waals surface area contributed by atoms with Crippen LogP contribution in [0.15, 0.2) is 72.8 Å². The highest BCUT2D eigenvalue weighted by Crippen LogP contribution is 2.35. The van der Waals surface area contributed by atoms with Crippen LogP contribution in [-0.4, -0.2) is 132 Å². The number of nitrogens with zero attached hydrogens (tertiary/aromatic N) is 2. The number of carbonyl (C=O) groups excluding carboxylic acids is 8. The molecule has 0 bridgehead atoms. The summed E-state index contributed by atoms with van der Waals surface area (Å²) in [6, 6.07) is 16.2. The fourth-order valence-electron chi connectivity index (χ4n) is 13.9. The van der Waals surface area contributed by atoms with E-state index in [9.17, 15) is 38.4 Å². The molecule has 2 aliphatic heterocycles. The summed E-state index contributed by atoms with van der Waals surface area (Å²) in [6.45, 7) is 8.65. The SMILES string of the molecule is CCN[C@@H](C)C(=O)N[C@H](C(=O)N1CC(NC(=O)c2ccc(C(=O)N[C@H]3C[C@@H](C(=O)N[C@@H]4CCCc5ccccc54)N(C(=O)[C@@H](NC(=O)[C@H](C)NCC)C4CCCCC4)C3)cc2)C[C@H]1C(=O)N[C@@H]1CCCc2ccccc21)C1CCCCC1. The van der Waals surface area contributed by atoms with Crippen molar-refractivity contribution in [1.82, 2.24) is 52.3 Å². The largest absolute Gasteiger partial charge is 0.347 e. The summed E-state index contributed by atoms with van der Waals surface area (Å²) in [6.07, 6.45) is 14.4. The zero-order valence-electron chi connectivity index (χ0n) is 48.6. The molecule has 82 heavy (non-hydrogen) atoms. The second-order valence-electron chi connectivity index (χ2n) is 24.0. The van der Waals surface area contributed by atoms with Crippen molar-refractivity contribution in [3.63, 3.8) is 0 Å². The van der Waals surface area contributed by atoms with Gasteiger partial charge >= 0.3 is 0 Å². The number of fused-ring (bicyclic) bond motifs is 2. The number of carbonyl (C=O) groups is 8. The first-order valence-electron chi connectivity index (χ1n) is 30.9. The Kier molecular flexibility index (Phi) is 20.5. The molecule has 2 saturated carbocycles. The zero-order valence-corrected chi connectivity index (χ0v) is 48.6. The highest BCUT2D eigenvalue weighted by Gasteiger charge is 2.47. The van der Waals surface area contributed by atoms with Crippen molar-refractivity contribution < 1.29 is 38.4 Å². The lowest BCUT2D eigenvalue weighted by molar-refractivity contribution is -0.143. The van der Waals surface area contributed by atoms with Crippen LogP contribution in [0.4, 0.5) is 0 Å². The molecule has 6 aliphatic rings. The Balaban J connectivity index is 0.898. The van der Waals surface area contributed by atoms with Gasteiger partial charge in [-0.15, -0.1) is 0 Å². The van der Waals surface area contributed by atoms with E-state index in [-0.39, 0.29) is 96.4 Å². The van der Waals surface area contributed by atoms with E-state index in [4.69, 9.17) is 0 Å². The summed E-state index contributed by atoms with van der Waals surface area (Å²) in [5.74, 6) is -2.93. The van der Waals surface area contributed by atoms with Crippen molar-refractivity contribution >= 4 is 47.3 Å². The Morgan fingerprint density at radius 2 is 0.854 bits per heavy atom. The van der Waals surface area contributed by atoms with Gasteiger partial charge in [-0.2, -0.15) is 0 Å². The first-order chi connectivity index (χ1) is 39.7. The van der Waals surface area contributed by atoms with Crippen molar-refractivity contribution in [3.8, 4) is 0 Å². The first-order valence-corrected chi connectivity index (χ1v) is 30.9. The molecule has 4 fully saturated rings. The topological polar surface area (TPSA) is 239 Å². The van der Waals surface area contributed by atoms with Gasteiger partial charge in [0, 0.05) is 36.3 Å². The van der Waals surface area contributed by atoms with Crippen LogP contribution in [0.1, 0.15) is 185 Å². The minimum Gasteiger partial charge on any atom is -0.347 e. The maximum absolute atomic E-state index is 15.0. The molecule has 4 aliphatic carbocycles. The van der Waals surface area contributed by atoms with E-state index in [0.29, 0.717) is 13.1 Å². The molecule has 8 N–H and O–H groups in total. The molecule has 0 aromatic heterocycles. The summed E-state index contributed by atoms with van der Waals surface area (Å²) in [5.41, 5.74) is 5.03. The van der Waals surface area contributed by atoms with Gasteiger partial charge in [0.1, 0.15) is 24.2 Å². The first kappa shape index (κ1) is 59.9. The van der Waals surface area contributed by atoms with Crippen molar-refractivity contribution in [1.29, 1.82) is 0 Å². The summed E-state index contributed by atoms with van der Waals surface area (Å²) < 4.78 is 0. The van der Waals surface area contributed by atoms with E-state index in [2.05, 4.69) is 54.7 Å². The van der Waals surface area contributed by atoms with Gasteiger partial charge in [-0.3, -0.25) is 38.4 Å². The van der Waals surface area contributed by atoms with Crippen molar-refractivity contribution in [2.24, 2.45) is 11.8 Å². The molecule has 0 radical (unpaired) electrons. The van der Waals surface area contributed by atoms with E-state index in [0.717, 1.165) is 114 Å². The molecule has 10 atom stereocenters. The number of amides is 8. The number of hydrogen-bond donors (Lipinski definition) is 8. The van der Waals surface area contributed by atoms with Crippen molar-refractivity contribution in [2.75, 3.05) is 26.2 Å². The van der Waals surface area contributed by atoms with Crippen LogP contribution >= 0.6 is 0 Å². The quantitative estimate of drug-likeness (QED) is 0.0697. The standard InChI is InChI=1S/C64H88N10O8/c1-5-65-39(3)57(75)71-55(43-21-9-7-10-22-43)63(81)73-37-47(35-53(73)61(79)69-51-29-17-25-41-19-13-15-27-49(41)51)67-59(77)45-31-33-46(34-32-45)60(78)68-48-36-54(62(80)70-52-30-18-26-42-20-14-16-28-50(42)52)74(38-48)64(82)56(44-23-11-8-12-24-44)72-58(76)40(4)66-6-2/h13-16,19-20,27-28,31-34,39-40,43-44,47-48,51-56,65-66H,5-12,17-18,21-26,29-30,35-38H2,1-4H3,(H,67,77)(H,68,78)(H,69,79)(H,70,80)(H,71,75)(H,72,76)/t39-,40-,47-,48?,51+,52+,53-,54-,55-,56-/m0/s1. The third-order valence-electron chi connectivity index (χ3n) is 18.4. The molecule has 8 amide bonds. The van der Waals surface area contributed by atoms with Gasteiger partial charge in [-0.05, 0) is 162 Å². The molecule has 18 nitrogen and oxygen atoms in total. The number of likely N-dealkylation sites (tertiary alicyclic amines) is 2. The number of hydrogen-bond acceptors (Lipinski definition) is 10. The van der Waals surface area contributed by atoms with Crippen LogP contribution in [0.3, 0.4) is 0 Å². The summed E-state index contributed by atoms with van der Waals surface area (Å²) in [7, 11) is 0. The van der Waals surface area contributed by atoms with E-state index in [1.54, 1.807) is 47.9 Å². The summed E-state index contributed by atoms with van der Waals surface area (Å²) in [5, 5.41) is 25.2. The van der Waals surface area contributed by atoms with Gasteiger partial charge < -0.3 is 52.3 Å². The van der Waals surface area contributed by atoms with E-state index >= 15 is 0 Å². The molecule has 2 saturated heterocycles. The maximum Gasteiger partial charge on any atom is 0.251 e. The molecule has 1 unspecified atom stereocenters. The van der Waals surface area contributed by atoms with Crippen LogP contribution in [-0.2, 0) is 41.6 Å². The van der Waals surface area contributed by atoms with Crippen LogP contribution in [0.2, 0.25) is 0 Å². The third kappa shape index (κ3) is 14.4. The highest BCUT2D eigenvalue weighted by atomic mass is 16.2. The Morgan fingerprint density at radius 3 is 1.23 bits per heavy atom. The molecule has 0 spiro atoms. The highest BCUT2D eigenvalue weighted by molar-refractivity contribution is 5.99. The lowest BCUT2D eigenvalue weighted by atomic mass is 9.83. The van der Waals surface area contributed by atoms with Crippen LogP contribution in [0.25, 0.3) is 0 Å². The maximum atomic E-state index is 15.0. The number of rotatable bonds is 20. The number of benzene rings is 3. The van der Waals surface area contributed by atoms with Crippen LogP contribution < -0.4 is 42.5 Å². The van der Waals surface area contributed by atoms with Gasteiger partial charge in [0.25, 0.3) is 11.8 Å². The average Bonchev–Trinajstić information content (AvgIpc) is 4.21. The van der Waals surface area contributed by atoms with Crippen LogP contribution in [0, 0.1) is 11.8 Å². The predicted octanol–water partition coefficient (Wildman–Crippen LogP) is 5.60. The van der Waals surface area contributed by atoms with E-state index in [1.807, 2.05) is 50.2 Å². The van der Waals surface area contributed by atoms with Crippen LogP contribution in [0.5, 0.6) is 0 Å². The fraction of sp³-hybridized carbons (Fsp3) is 0.594. The second kappa shape index (κ2) is 28.1. The van der Waals surface area contributed by atoms with Crippen molar-refractivity contribution in [3.05, 3.63) is 106 Å². The normalized spacial score (nSPS) is 24.3. The van der Waals surface area contributed by atoms with Gasteiger partial charge in [0.15, 0.2) is 0 Å². The lowest BCUT2D eigenvalue weighted by Crippen LogP contribution is -2.58. The fourth-order valence-corrected chi connectivity index (χ4v) is 13.9. The summed E-state index contributed by atoms with van der Waals surface area (Å²) in [4.78, 5) is 118. The predicted molar refractivity (Wildman–Crippen MR) is 313 cm³/mol. The molecular weight excluding hydrogens is 1040 g/mol. The van der Waals surface area contributed by atoms with E-state index < -0.39 is 60.1 Å². The van der Waals surface area contributed by atoms with E-state index in [1.165, 1.54) is 11.1 Å². The van der Waals surface area contributed by atoms with Gasteiger partial charge in [0.05, 0.1) is 24.2 Å². The molecule has 3 aromatic rings.